The van der Waals surface area contributed by atoms with Crippen molar-refractivity contribution in [1.82, 2.24) is 0 Å². The van der Waals surface area contributed by atoms with Crippen molar-refractivity contribution in [1.29, 1.82) is 0 Å². The third-order valence-corrected chi connectivity index (χ3v) is 16.8. The van der Waals surface area contributed by atoms with Gasteiger partial charge in [0.1, 0.15) is 0 Å². The second-order valence-corrected chi connectivity index (χ2v) is 20.9. The molecule has 55 heavy (non-hydrogen) atoms. The van der Waals surface area contributed by atoms with Crippen LogP contribution in [0.1, 0.15) is 163 Å². The summed E-state index contributed by atoms with van der Waals surface area (Å²) < 4.78 is 0. The van der Waals surface area contributed by atoms with Crippen LogP contribution in [-0.2, 0) is 12.8 Å². The Balaban J connectivity index is 1.10. The average molecular weight is 745 g/mol. The molecule has 4 aromatic rings. The van der Waals surface area contributed by atoms with Crippen molar-refractivity contribution in [2.24, 2.45) is 10.8 Å². The van der Waals surface area contributed by atoms with Gasteiger partial charge in [-0.25, -0.2) is 0 Å². The fourth-order valence-electron chi connectivity index (χ4n) is 11.5. The van der Waals surface area contributed by atoms with Crippen LogP contribution in [0.2, 0.25) is 12.1 Å². The molecule has 0 saturated heterocycles. The molecule has 0 spiro atoms. The highest BCUT2D eigenvalue weighted by Gasteiger charge is 2.36. The molecule has 2 saturated carbocycles. The van der Waals surface area contributed by atoms with Crippen LogP contribution in [-0.4, -0.2) is 9.52 Å². The van der Waals surface area contributed by atoms with Gasteiger partial charge in [-0.3, -0.25) is 0 Å². The standard InChI is InChI=1S/C54H68Si/c1-5-39-21-25-41(26-22-39)45-17-15-19-47-49(45)33-43(35-53(3)29-11-7-8-12-30-53)51(47)37-55-38-52-44(36-54(4)31-13-9-10-14-32-54)34-50-46(18-16-20-48(50)52)42-27-23-40(6-2)24-28-42/h15-28,33-34,51-52H,5-14,29-32,35-38,55H2,1-4H3. The van der Waals surface area contributed by atoms with Crippen LogP contribution in [0.15, 0.2) is 96.1 Å². The lowest BCUT2D eigenvalue weighted by molar-refractivity contribution is 0.271. The Labute approximate surface area is 337 Å². The fraction of sp³-hybridized carbons (Fsp3) is 0.481. The van der Waals surface area contributed by atoms with Crippen LogP contribution in [0, 0.1) is 10.8 Å². The normalized spacial score (nSPS) is 21.8. The predicted octanol–water partition coefficient (Wildman–Crippen LogP) is 15.3. The van der Waals surface area contributed by atoms with Gasteiger partial charge in [-0.15, -0.1) is 0 Å². The van der Waals surface area contributed by atoms with E-state index in [0.29, 0.717) is 22.7 Å². The first-order valence-corrected chi connectivity index (χ1v) is 24.7. The zero-order chi connectivity index (χ0) is 37.8. The summed E-state index contributed by atoms with van der Waals surface area (Å²) in [6.45, 7) is 9.79. The Morgan fingerprint density at radius 2 is 0.873 bits per heavy atom. The maximum Gasteiger partial charge on any atom is 0.0218 e. The summed E-state index contributed by atoms with van der Waals surface area (Å²) in [5, 5.41) is 0. The third kappa shape index (κ3) is 8.49. The number of benzene rings is 4. The number of fused-ring (bicyclic) bond motifs is 2. The Bertz CT molecular complexity index is 1830. The van der Waals surface area contributed by atoms with Gasteiger partial charge in [0.25, 0.3) is 0 Å². The second-order valence-electron chi connectivity index (χ2n) is 19.0. The minimum absolute atomic E-state index is 0.367. The van der Waals surface area contributed by atoms with Crippen molar-refractivity contribution >= 4 is 21.7 Å². The maximum atomic E-state index is 2.70. The Morgan fingerprint density at radius 1 is 0.491 bits per heavy atom. The molecule has 4 aliphatic rings. The molecule has 2 atom stereocenters. The molecule has 8 rings (SSSR count). The highest BCUT2D eigenvalue weighted by molar-refractivity contribution is 6.36. The van der Waals surface area contributed by atoms with Gasteiger partial charge < -0.3 is 0 Å². The van der Waals surface area contributed by atoms with Crippen LogP contribution < -0.4 is 0 Å². The lowest BCUT2D eigenvalue weighted by atomic mass is 9.75. The average Bonchev–Trinajstić information content (AvgIpc) is 3.52. The van der Waals surface area contributed by atoms with E-state index < -0.39 is 0 Å². The van der Waals surface area contributed by atoms with Gasteiger partial charge in [-0.1, -0.05) is 199 Å². The molecule has 2 unspecified atom stereocenters. The number of hydrogen-bond donors (Lipinski definition) is 0. The minimum atomic E-state index is -0.367. The van der Waals surface area contributed by atoms with E-state index in [1.807, 2.05) is 0 Å². The molecule has 0 nitrogen and oxygen atoms in total. The first-order chi connectivity index (χ1) is 26.9. The smallest absolute Gasteiger partial charge is 0.0218 e. The highest BCUT2D eigenvalue weighted by Crippen LogP contribution is 2.52. The third-order valence-electron chi connectivity index (χ3n) is 14.8. The Morgan fingerprint density at radius 3 is 1.24 bits per heavy atom. The number of rotatable bonds is 12. The van der Waals surface area contributed by atoms with Crippen molar-refractivity contribution in [3.63, 3.8) is 0 Å². The highest BCUT2D eigenvalue weighted by atomic mass is 28.2. The van der Waals surface area contributed by atoms with Crippen molar-refractivity contribution in [2.75, 3.05) is 0 Å². The van der Waals surface area contributed by atoms with Gasteiger partial charge >= 0.3 is 0 Å². The second kappa shape index (κ2) is 17.0. The van der Waals surface area contributed by atoms with E-state index >= 15 is 0 Å². The molecule has 0 N–H and O–H groups in total. The minimum Gasteiger partial charge on any atom is -0.0618 e. The molecule has 288 valence electrons. The van der Waals surface area contributed by atoms with Crippen molar-refractivity contribution in [2.45, 2.75) is 154 Å². The molecule has 0 amide bonds. The van der Waals surface area contributed by atoms with Crippen LogP contribution in [0.4, 0.5) is 0 Å². The fourth-order valence-corrected chi connectivity index (χ4v) is 13.9. The van der Waals surface area contributed by atoms with Gasteiger partial charge in [-0.2, -0.15) is 0 Å². The van der Waals surface area contributed by atoms with E-state index in [9.17, 15) is 0 Å². The SMILES string of the molecule is CCc1ccc(-c2cccc3c2C=C(CC2(C)CCCCCC2)C3C[SiH2]CC2C(CC3(C)CCCCCC3)=Cc3c(-c4ccc(CC)cc4)cccc32)cc1. The predicted molar refractivity (Wildman–Crippen MR) is 243 cm³/mol. The molecule has 0 aromatic heterocycles. The first kappa shape index (κ1) is 38.5. The first-order valence-electron chi connectivity index (χ1n) is 22.7. The molecule has 4 aromatic carbocycles. The topological polar surface area (TPSA) is 0 Å². The summed E-state index contributed by atoms with van der Waals surface area (Å²) in [5.74, 6) is 1.18. The van der Waals surface area contributed by atoms with E-state index in [1.54, 1.807) is 22.3 Å². The number of aryl methyl sites for hydroxylation is 2. The zero-order valence-corrected chi connectivity index (χ0v) is 36.2. The van der Waals surface area contributed by atoms with Gasteiger partial charge in [0, 0.05) is 21.4 Å². The molecule has 2 fully saturated rings. The molecule has 0 bridgehead atoms. The van der Waals surface area contributed by atoms with Gasteiger partial charge in [0.05, 0.1) is 0 Å². The van der Waals surface area contributed by atoms with E-state index in [4.69, 9.17) is 0 Å². The van der Waals surface area contributed by atoms with Crippen molar-refractivity contribution in [3.8, 4) is 22.3 Å². The summed E-state index contributed by atoms with van der Waals surface area (Å²) in [7, 11) is -0.367. The molecule has 0 aliphatic heterocycles. The molecule has 4 aliphatic carbocycles. The largest absolute Gasteiger partial charge is 0.0618 e. The van der Waals surface area contributed by atoms with E-state index in [0.717, 1.165) is 12.8 Å². The summed E-state index contributed by atoms with van der Waals surface area (Å²) >= 11 is 0. The summed E-state index contributed by atoms with van der Waals surface area (Å²) in [6, 6.07) is 36.2. The monoisotopic (exact) mass is 745 g/mol. The van der Waals surface area contributed by atoms with E-state index in [1.165, 1.54) is 146 Å². The lowest BCUT2D eigenvalue weighted by Gasteiger charge is -2.32. The van der Waals surface area contributed by atoms with Crippen LogP contribution in [0.25, 0.3) is 34.4 Å². The molecular weight excluding hydrogens is 677 g/mol. The van der Waals surface area contributed by atoms with Crippen LogP contribution >= 0.6 is 0 Å². The number of allylic oxidation sites excluding steroid dienone is 2. The van der Waals surface area contributed by atoms with E-state index in [2.05, 4.69) is 125 Å². The summed E-state index contributed by atoms with van der Waals surface area (Å²) in [6.07, 6.45) is 27.1. The molecular formula is C54H68Si. The number of hydrogen-bond acceptors (Lipinski definition) is 0. The molecule has 0 radical (unpaired) electrons. The maximum absolute atomic E-state index is 2.70. The van der Waals surface area contributed by atoms with Gasteiger partial charge in [0.15, 0.2) is 0 Å². The van der Waals surface area contributed by atoms with Gasteiger partial charge in [0.2, 0.25) is 0 Å². The van der Waals surface area contributed by atoms with Crippen molar-refractivity contribution < 1.29 is 0 Å². The van der Waals surface area contributed by atoms with Crippen molar-refractivity contribution in [3.05, 3.63) is 129 Å². The summed E-state index contributed by atoms with van der Waals surface area (Å²) in [5.41, 5.74) is 19.2. The zero-order valence-electron chi connectivity index (χ0n) is 34.8. The molecule has 0 heterocycles. The quantitative estimate of drug-likeness (QED) is 0.100. The van der Waals surface area contributed by atoms with E-state index in [-0.39, 0.29) is 9.52 Å². The Hall–Kier alpha value is -3.42. The summed E-state index contributed by atoms with van der Waals surface area (Å²) in [4.78, 5) is 0. The Kier molecular flexibility index (Phi) is 11.9. The van der Waals surface area contributed by atoms with Crippen LogP contribution in [0.3, 0.4) is 0 Å². The van der Waals surface area contributed by atoms with Gasteiger partial charge in [-0.05, 0) is 118 Å². The molecule has 1 heteroatoms. The van der Waals surface area contributed by atoms with Crippen LogP contribution in [0.5, 0.6) is 0 Å². The lowest BCUT2D eigenvalue weighted by Crippen LogP contribution is -2.19.